The standard InChI is InChI=1S/C17H26N4O2/c1-12(22)20-9-13-6-16(7-14(13)10-20)19(2)11-17(23)21-5-3-4-15(21)8-18/h13-16H,3-7,9-11H2,1-2H3/t13-,14+,15-,16-/m0/s1. The summed E-state index contributed by atoms with van der Waals surface area (Å²) >= 11 is 0. The summed E-state index contributed by atoms with van der Waals surface area (Å²) in [5.74, 6) is 1.43. The maximum absolute atomic E-state index is 12.4. The lowest BCUT2D eigenvalue weighted by molar-refractivity contribution is -0.132. The van der Waals surface area contributed by atoms with E-state index in [2.05, 4.69) is 11.0 Å². The number of carbonyl (C=O) groups is 2. The number of rotatable bonds is 3. The van der Waals surface area contributed by atoms with Crippen molar-refractivity contribution < 1.29 is 9.59 Å². The lowest BCUT2D eigenvalue weighted by Gasteiger charge is -2.28. The maximum Gasteiger partial charge on any atom is 0.237 e. The Bertz CT molecular complexity index is 515. The Kier molecular flexibility index (Phi) is 4.58. The summed E-state index contributed by atoms with van der Waals surface area (Å²) in [5.41, 5.74) is 0. The number of hydrogen-bond donors (Lipinski definition) is 0. The fourth-order valence-electron chi connectivity index (χ4n) is 4.52. The first kappa shape index (κ1) is 16.3. The molecule has 0 aromatic heterocycles. The molecule has 4 atom stereocenters. The summed E-state index contributed by atoms with van der Waals surface area (Å²) in [6.07, 6.45) is 3.88. The van der Waals surface area contributed by atoms with E-state index in [1.807, 2.05) is 11.9 Å². The zero-order valence-electron chi connectivity index (χ0n) is 14.1. The minimum absolute atomic E-state index is 0.0824. The monoisotopic (exact) mass is 318 g/mol. The first-order valence-corrected chi connectivity index (χ1v) is 8.64. The van der Waals surface area contributed by atoms with Gasteiger partial charge >= 0.3 is 0 Å². The van der Waals surface area contributed by atoms with Crippen molar-refractivity contribution in [2.45, 2.75) is 44.7 Å². The van der Waals surface area contributed by atoms with Gasteiger partial charge in [0.25, 0.3) is 0 Å². The molecule has 6 nitrogen and oxygen atoms in total. The highest BCUT2D eigenvalue weighted by atomic mass is 16.2. The van der Waals surface area contributed by atoms with E-state index in [1.165, 1.54) is 0 Å². The Morgan fingerprint density at radius 3 is 2.48 bits per heavy atom. The van der Waals surface area contributed by atoms with E-state index in [9.17, 15) is 9.59 Å². The number of likely N-dealkylation sites (N-methyl/N-ethyl adjacent to an activating group) is 1. The van der Waals surface area contributed by atoms with Gasteiger partial charge in [-0.3, -0.25) is 14.5 Å². The van der Waals surface area contributed by atoms with E-state index in [4.69, 9.17) is 5.26 Å². The molecular formula is C17H26N4O2. The molecule has 0 spiro atoms. The van der Waals surface area contributed by atoms with Gasteiger partial charge in [-0.15, -0.1) is 0 Å². The normalized spacial score (nSPS) is 33.1. The molecule has 0 radical (unpaired) electrons. The van der Waals surface area contributed by atoms with Crippen molar-refractivity contribution in [3.05, 3.63) is 0 Å². The number of nitrogens with zero attached hydrogens (tertiary/aromatic N) is 4. The van der Waals surface area contributed by atoms with Crippen LogP contribution >= 0.6 is 0 Å². The lowest BCUT2D eigenvalue weighted by atomic mass is 10.0. The van der Waals surface area contributed by atoms with Crippen LogP contribution in [0.3, 0.4) is 0 Å². The Hall–Kier alpha value is -1.61. The van der Waals surface area contributed by atoms with Gasteiger partial charge in [0.05, 0.1) is 12.6 Å². The maximum atomic E-state index is 12.4. The Morgan fingerprint density at radius 2 is 1.91 bits per heavy atom. The van der Waals surface area contributed by atoms with Gasteiger partial charge < -0.3 is 9.80 Å². The summed E-state index contributed by atoms with van der Waals surface area (Å²) in [6.45, 7) is 4.51. The van der Waals surface area contributed by atoms with Crippen LogP contribution in [0.25, 0.3) is 0 Å². The SMILES string of the molecule is CC(=O)N1C[C@H]2C[C@@H](N(C)CC(=O)N3CCC[C@H]3C#N)C[C@H]2C1. The predicted octanol–water partition coefficient (Wildman–Crippen LogP) is 0.690. The fraction of sp³-hybridized carbons (Fsp3) is 0.824. The second-order valence-corrected chi connectivity index (χ2v) is 7.36. The van der Waals surface area contributed by atoms with Crippen molar-refractivity contribution in [3.63, 3.8) is 0 Å². The number of nitriles is 1. The van der Waals surface area contributed by atoms with Crippen LogP contribution in [-0.2, 0) is 9.59 Å². The Labute approximate surface area is 138 Å². The number of amides is 2. The van der Waals surface area contributed by atoms with Crippen LogP contribution in [0.1, 0.15) is 32.6 Å². The molecule has 3 rings (SSSR count). The number of hydrogen-bond acceptors (Lipinski definition) is 4. The van der Waals surface area contributed by atoms with Crippen LogP contribution in [0.15, 0.2) is 0 Å². The first-order valence-electron chi connectivity index (χ1n) is 8.64. The zero-order valence-corrected chi connectivity index (χ0v) is 14.1. The average Bonchev–Trinajstić information content (AvgIpc) is 3.20. The lowest BCUT2D eigenvalue weighted by Crippen LogP contribution is -2.44. The number of carbonyl (C=O) groups excluding carboxylic acids is 2. The van der Waals surface area contributed by atoms with Crippen molar-refractivity contribution in [1.29, 1.82) is 5.26 Å². The topological polar surface area (TPSA) is 67.7 Å². The van der Waals surface area contributed by atoms with Gasteiger partial charge in [0, 0.05) is 32.6 Å². The molecule has 6 heteroatoms. The van der Waals surface area contributed by atoms with E-state index in [1.54, 1.807) is 11.8 Å². The van der Waals surface area contributed by atoms with Crippen molar-refractivity contribution in [2.24, 2.45) is 11.8 Å². The van der Waals surface area contributed by atoms with E-state index >= 15 is 0 Å². The molecule has 2 saturated heterocycles. The minimum atomic E-state index is -0.233. The van der Waals surface area contributed by atoms with E-state index < -0.39 is 0 Å². The van der Waals surface area contributed by atoms with Crippen LogP contribution in [0, 0.1) is 23.2 Å². The average molecular weight is 318 g/mol. The molecule has 2 heterocycles. The molecule has 0 N–H and O–H groups in total. The first-order chi connectivity index (χ1) is 11.0. The van der Waals surface area contributed by atoms with Gasteiger partial charge in [-0.2, -0.15) is 5.26 Å². The molecule has 0 bridgehead atoms. The van der Waals surface area contributed by atoms with Crippen molar-refractivity contribution in [1.82, 2.24) is 14.7 Å². The van der Waals surface area contributed by atoms with Crippen molar-refractivity contribution in [2.75, 3.05) is 33.2 Å². The van der Waals surface area contributed by atoms with Gasteiger partial charge in [0.2, 0.25) is 11.8 Å². The smallest absolute Gasteiger partial charge is 0.237 e. The van der Waals surface area contributed by atoms with Crippen molar-refractivity contribution in [3.8, 4) is 6.07 Å². The fourth-order valence-corrected chi connectivity index (χ4v) is 4.52. The Balaban J connectivity index is 1.51. The van der Waals surface area contributed by atoms with Crippen LogP contribution in [0.2, 0.25) is 0 Å². The van der Waals surface area contributed by atoms with Crippen molar-refractivity contribution >= 4 is 11.8 Å². The van der Waals surface area contributed by atoms with Crippen LogP contribution in [-0.4, -0.2) is 71.8 Å². The molecule has 2 aliphatic heterocycles. The van der Waals surface area contributed by atoms with Gasteiger partial charge in [0.1, 0.15) is 6.04 Å². The highest BCUT2D eigenvalue weighted by Crippen LogP contribution is 2.39. The molecule has 3 fully saturated rings. The second kappa shape index (κ2) is 6.48. The quantitative estimate of drug-likeness (QED) is 0.768. The van der Waals surface area contributed by atoms with Gasteiger partial charge in [-0.25, -0.2) is 0 Å². The molecule has 23 heavy (non-hydrogen) atoms. The molecule has 0 unspecified atom stereocenters. The summed E-state index contributed by atoms with van der Waals surface area (Å²) in [6, 6.07) is 2.42. The summed E-state index contributed by atoms with van der Waals surface area (Å²) in [7, 11) is 2.02. The third-order valence-corrected chi connectivity index (χ3v) is 5.90. The van der Waals surface area contributed by atoms with Crippen LogP contribution in [0.4, 0.5) is 0 Å². The third kappa shape index (κ3) is 3.20. The molecule has 1 saturated carbocycles. The van der Waals surface area contributed by atoms with Gasteiger partial charge in [0.15, 0.2) is 0 Å². The highest BCUT2D eigenvalue weighted by Gasteiger charge is 2.43. The second-order valence-electron chi connectivity index (χ2n) is 7.36. The predicted molar refractivity (Wildman–Crippen MR) is 85.2 cm³/mol. The zero-order chi connectivity index (χ0) is 16.6. The van der Waals surface area contributed by atoms with Gasteiger partial charge in [-0.05, 0) is 44.6 Å². The van der Waals surface area contributed by atoms with E-state index in [0.717, 1.165) is 38.8 Å². The molecule has 0 aromatic rings. The largest absolute Gasteiger partial charge is 0.342 e. The Morgan fingerprint density at radius 1 is 1.26 bits per heavy atom. The summed E-state index contributed by atoms with van der Waals surface area (Å²) in [5, 5.41) is 9.12. The van der Waals surface area contributed by atoms with Crippen LogP contribution in [0.5, 0.6) is 0 Å². The number of fused-ring (bicyclic) bond motifs is 1. The minimum Gasteiger partial charge on any atom is -0.342 e. The number of likely N-dealkylation sites (tertiary alicyclic amines) is 2. The van der Waals surface area contributed by atoms with E-state index in [0.29, 0.717) is 31.0 Å². The molecule has 0 aromatic carbocycles. The molecule has 126 valence electrons. The highest BCUT2D eigenvalue weighted by molar-refractivity contribution is 5.79. The molecular weight excluding hydrogens is 292 g/mol. The third-order valence-electron chi connectivity index (χ3n) is 5.90. The molecule has 3 aliphatic rings. The molecule has 2 amide bonds. The van der Waals surface area contributed by atoms with Gasteiger partial charge in [-0.1, -0.05) is 0 Å². The molecule has 1 aliphatic carbocycles. The van der Waals surface area contributed by atoms with Crippen LogP contribution < -0.4 is 0 Å². The summed E-state index contributed by atoms with van der Waals surface area (Å²) < 4.78 is 0. The summed E-state index contributed by atoms with van der Waals surface area (Å²) in [4.78, 5) is 29.8. The van der Waals surface area contributed by atoms with E-state index in [-0.39, 0.29) is 17.9 Å².